The number of piperazine rings is 1. The quantitative estimate of drug-likeness (QED) is 0.227. The Morgan fingerprint density at radius 2 is 1.83 bits per heavy atom. The molecule has 3 aromatic heterocycles. The predicted octanol–water partition coefficient (Wildman–Crippen LogP) is 1.55. The molecule has 2 N–H and O–H groups in total. The maximum Gasteiger partial charge on any atom is 0.414 e. The first-order chi connectivity index (χ1) is 22.6. The lowest BCUT2D eigenvalue weighted by Crippen LogP contribution is -2.54. The molecule has 2 aromatic carbocycles. The summed E-state index contributed by atoms with van der Waals surface area (Å²) in [5.41, 5.74) is 0.327. The largest absolute Gasteiger partial charge is 0.493 e. The first-order valence-corrected chi connectivity index (χ1v) is 16.1. The fourth-order valence-electron chi connectivity index (χ4n) is 4.81. The van der Waals surface area contributed by atoms with E-state index in [0.717, 1.165) is 15.6 Å². The van der Waals surface area contributed by atoms with Crippen LogP contribution in [0.15, 0.2) is 57.9 Å². The molecule has 19 heteroatoms. The van der Waals surface area contributed by atoms with Gasteiger partial charge in [-0.05, 0) is 29.8 Å². The summed E-state index contributed by atoms with van der Waals surface area (Å²) in [6.45, 7) is -1.30. The minimum Gasteiger partial charge on any atom is -0.493 e. The third-order valence-electron chi connectivity index (χ3n) is 7.13. The highest BCUT2D eigenvalue weighted by Gasteiger charge is 2.37. The number of carbonyl (C=O) groups is 3. The van der Waals surface area contributed by atoms with Crippen molar-refractivity contribution in [1.82, 2.24) is 33.7 Å². The zero-order valence-corrected chi connectivity index (χ0v) is 26.5. The molecule has 6 rings (SSSR count). The van der Waals surface area contributed by atoms with E-state index in [4.69, 9.17) is 14.2 Å². The van der Waals surface area contributed by atoms with Gasteiger partial charge in [0.25, 0.3) is 21.5 Å². The fraction of sp³-hybridized carbons (Fsp3) is 0.250. The van der Waals surface area contributed by atoms with E-state index in [9.17, 15) is 27.6 Å². The maximum atomic E-state index is 13.2. The van der Waals surface area contributed by atoms with Crippen LogP contribution in [0.25, 0.3) is 21.4 Å². The Balaban J connectivity index is 1.10. The number of nitrogens with one attached hydrogen (secondary N) is 2. The van der Waals surface area contributed by atoms with Gasteiger partial charge in [0, 0.05) is 6.54 Å². The average Bonchev–Trinajstić information content (AvgIpc) is 3.68. The zero-order chi connectivity index (χ0) is 33.3. The molecule has 1 aliphatic rings. The Labute approximate surface area is 269 Å². The van der Waals surface area contributed by atoms with E-state index >= 15 is 0 Å². The minimum absolute atomic E-state index is 0.0133. The summed E-state index contributed by atoms with van der Waals surface area (Å²) in [5.74, 6) is -0.618. The van der Waals surface area contributed by atoms with Crippen molar-refractivity contribution < 1.29 is 37.0 Å². The van der Waals surface area contributed by atoms with E-state index in [-0.39, 0.29) is 47.7 Å². The normalized spacial score (nSPS) is 13.6. The molecule has 0 atom stereocenters. The predicted molar refractivity (Wildman–Crippen MR) is 167 cm³/mol. The first kappa shape index (κ1) is 31.4. The summed E-state index contributed by atoms with van der Waals surface area (Å²) in [5, 5.41) is 2.35. The van der Waals surface area contributed by atoms with Gasteiger partial charge in [0.05, 0.1) is 37.3 Å². The number of anilines is 1. The van der Waals surface area contributed by atoms with Crippen LogP contribution in [0.1, 0.15) is 5.56 Å². The highest BCUT2D eigenvalue weighted by atomic mass is 32.2. The van der Waals surface area contributed by atoms with Crippen LogP contribution < -0.4 is 20.3 Å². The molecule has 0 unspecified atom stereocenters. The van der Waals surface area contributed by atoms with E-state index in [1.807, 2.05) is 0 Å². The second-order valence-corrected chi connectivity index (χ2v) is 13.2. The van der Waals surface area contributed by atoms with Crippen molar-refractivity contribution in [3.63, 3.8) is 0 Å². The second kappa shape index (κ2) is 12.7. The number of thiazole rings is 1. The lowest BCUT2D eigenvalue weighted by Gasteiger charge is -2.33. The van der Waals surface area contributed by atoms with Crippen LogP contribution in [0.3, 0.4) is 0 Å². The zero-order valence-electron chi connectivity index (χ0n) is 24.8. The molecule has 3 amide bonds. The lowest BCUT2D eigenvalue weighted by atomic mass is 10.2. The van der Waals surface area contributed by atoms with Crippen molar-refractivity contribution in [2.75, 3.05) is 39.2 Å². The van der Waals surface area contributed by atoms with Gasteiger partial charge >= 0.3 is 6.09 Å². The number of amides is 3. The van der Waals surface area contributed by atoms with Crippen LogP contribution in [0.5, 0.6) is 11.5 Å². The monoisotopic (exact) mass is 682 g/mol. The molecule has 4 heterocycles. The van der Waals surface area contributed by atoms with Crippen LogP contribution >= 0.6 is 11.3 Å². The molecule has 0 radical (unpaired) electrons. The van der Waals surface area contributed by atoms with Crippen LogP contribution in [0.2, 0.25) is 0 Å². The number of ether oxygens (including phenoxy) is 3. The van der Waals surface area contributed by atoms with Gasteiger partial charge in [-0.2, -0.15) is 13.4 Å². The number of rotatable bonds is 9. The van der Waals surface area contributed by atoms with Crippen LogP contribution in [-0.2, 0) is 37.5 Å². The molecule has 1 saturated heterocycles. The molecule has 0 bridgehead atoms. The highest BCUT2D eigenvalue weighted by Crippen LogP contribution is 2.29. The molecule has 17 nitrogen and oxygen atoms in total. The Morgan fingerprint density at radius 1 is 1.04 bits per heavy atom. The van der Waals surface area contributed by atoms with Crippen LogP contribution in [0, 0.1) is 0 Å². The van der Waals surface area contributed by atoms with E-state index in [1.54, 1.807) is 42.5 Å². The second-order valence-electron chi connectivity index (χ2n) is 10.1. The lowest BCUT2D eigenvalue weighted by molar-refractivity contribution is -0.142. The molecule has 0 aliphatic carbocycles. The number of aromatic amines is 1. The summed E-state index contributed by atoms with van der Waals surface area (Å²) < 4.78 is 44.5. The number of sulfonamides is 1. The number of aromatic nitrogens is 5. The van der Waals surface area contributed by atoms with Gasteiger partial charge in [-0.25, -0.2) is 19.1 Å². The molecule has 0 spiro atoms. The Bertz CT molecular complexity index is 2160. The van der Waals surface area contributed by atoms with Gasteiger partial charge < -0.3 is 23.7 Å². The topological polar surface area (TPSA) is 208 Å². The molecule has 244 valence electrons. The van der Waals surface area contributed by atoms with Crippen molar-refractivity contribution in [1.29, 1.82) is 0 Å². The summed E-state index contributed by atoms with van der Waals surface area (Å²) >= 11 is 0.959. The number of carbonyl (C=O) groups excluding carboxylic acids is 3. The molecule has 0 saturated carbocycles. The van der Waals surface area contributed by atoms with Crippen LogP contribution in [0.4, 0.5) is 10.7 Å². The van der Waals surface area contributed by atoms with E-state index in [0.29, 0.717) is 27.3 Å². The van der Waals surface area contributed by atoms with E-state index in [1.165, 1.54) is 30.0 Å². The molecule has 5 aromatic rings. The minimum atomic E-state index is -4.21. The van der Waals surface area contributed by atoms with E-state index in [2.05, 4.69) is 25.3 Å². The number of hydrogen-bond donors (Lipinski definition) is 2. The van der Waals surface area contributed by atoms with Crippen molar-refractivity contribution in [2.24, 2.45) is 0 Å². The maximum absolute atomic E-state index is 13.2. The van der Waals surface area contributed by atoms with Gasteiger partial charge in [0.15, 0.2) is 22.7 Å². The van der Waals surface area contributed by atoms with E-state index < -0.39 is 40.0 Å². The standard InChI is InChI=1S/C28H26N8O9S2/c1-43-18-8-7-16(11-19(18)44-2)14-45-27(40)33-26-31-24-23(25(39)32-26)29-15-35(24)12-21(37)34-9-10-36(22(38)13-34)47(41,42)28-30-17-5-3-4-6-20(17)46-28/h3-8,11,15H,9-10,12-14H2,1-2H3,(H2,31,32,33,39,40). The Kier molecular flexibility index (Phi) is 8.48. The van der Waals surface area contributed by atoms with Crippen molar-refractivity contribution in [2.45, 2.75) is 17.5 Å². The molecule has 1 fully saturated rings. The van der Waals surface area contributed by atoms with Gasteiger partial charge in [-0.15, -0.1) is 11.3 Å². The van der Waals surface area contributed by atoms with Gasteiger partial charge in [-0.3, -0.25) is 24.7 Å². The summed E-state index contributed by atoms with van der Waals surface area (Å²) in [6.07, 6.45) is 0.307. The van der Waals surface area contributed by atoms with Gasteiger partial charge in [0.2, 0.25) is 16.2 Å². The van der Waals surface area contributed by atoms with Gasteiger partial charge in [0.1, 0.15) is 19.7 Å². The number of methoxy groups -OCH3 is 2. The SMILES string of the molecule is COc1ccc(COC(=O)Nc2nc3c(ncn3CC(=O)N3CCN(S(=O)(=O)c4nc5ccccc5s4)C(=O)C3)c(=O)[nH]2)cc1OC. The highest BCUT2D eigenvalue weighted by molar-refractivity contribution is 7.91. The number of hydrogen-bond acceptors (Lipinski definition) is 13. The number of H-pyrrole nitrogens is 1. The summed E-state index contributed by atoms with van der Waals surface area (Å²) in [4.78, 5) is 67.2. The molecule has 47 heavy (non-hydrogen) atoms. The number of benzene rings is 2. The Morgan fingerprint density at radius 3 is 2.57 bits per heavy atom. The molecule has 1 aliphatic heterocycles. The number of nitrogens with zero attached hydrogens (tertiary/aromatic N) is 6. The molecular formula is C28H26N8O9S2. The average molecular weight is 683 g/mol. The fourth-order valence-corrected chi connectivity index (χ4v) is 7.51. The van der Waals surface area contributed by atoms with Crippen molar-refractivity contribution >= 4 is 66.6 Å². The molecular weight excluding hydrogens is 656 g/mol. The van der Waals surface area contributed by atoms with Gasteiger partial charge in [-0.1, -0.05) is 18.2 Å². The summed E-state index contributed by atoms with van der Waals surface area (Å²) in [7, 11) is -1.24. The van der Waals surface area contributed by atoms with Crippen molar-refractivity contribution in [3.05, 3.63) is 64.7 Å². The third kappa shape index (κ3) is 6.29. The van der Waals surface area contributed by atoms with Crippen molar-refractivity contribution in [3.8, 4) is 11.5 Å². The first-order valence-electron chi connectivity index (χ1n) is 13.9. The smallest absolute Gasteiger partial charge is 0.414 e. The number of imidazole rings is 1. The van der Waals surface area contributed by atoms with Crippen LogP contribution in [-0.4, -0.2) is 93.9 Å². The Hall–Kier alpha value is -5.56. The number of fused-ring (bicyclic) bond motifs is 2. The third-order valence-corrected chi connectivity index (χ3v) is 10.3. The summed E-state index contributed by atoms with van der Waals surface area (Å²) in [6, 6.07) is 11.9. The number of para-hydroxylation sites is 1.